The lowest BCUT2D eigenvalue weighted by Gasteiger charge is -2.12. The molecule has 0 unspecified atom stereocenters. The van der Waals surface area contributed by atoms with Crippen molar-refractivity contribution in [1.29, 1.82) is 0 Å². The number of benzene rings is 1. The lowest BCUT2D eigenvalue weighted by molar-refractivity contribution is 0.0698. The van der Waals surface area contributed by atoms with Crippen LogP contribution in [-0.2, 0) is 0 Å². The maximum absolute atomic E-state index is 12.1. The predicted octanol–water partition coefficient (Wildman–Crippen LogP) is 3.59. The fourth-order valence-corrected chi connectivity index (χ4v) is 2.95. The highest BCUT2D eigenvalue weighted by Crippen LogP contribution is 2.62. The van der Waals surface area contributed by atoms with E-state index in [4.69, 9.17) is 16.7 Å². The summed E-state index contributed by atoms with van der Waals surface area (Å²) in [5.41, 5.74) is 0.0928. The number of carbonyl (C=O) groups excluding carboxylic acids is 1. The van der Waals surface area contributed by atoms with Gasteiger partial charge in [-0.1, -0.05) is 45.4 Å². The highest BCUT2D eigenvalue weighted by atomic mass is 35.5. The van der Waals surface area contributed by atoms with Crippen LogP contribution in [-0.4, -0.2) is 23.1 Å². The number of carboxylic acids is 1. The molecule has 0 aromatic heterocycles. The molecule has 0 radical (unpaired) electrons. The first kappa shape index (κ1) is 15.6. The number of rotatable bonds is 3. The van der Waals surface area contributed by atoms with Crippen LogP contribution in [0, 0.1) is 10.8 Å². The van der Waals surface area contributed by atoms with Crippen molar-refractivity contribution in [2.75, 3.05) is 5.32 Å². The van der Waals surface area contributed by atoms with Gasteiger partial charge in [-0.05, 0) is 23.0 Å². The minimum atomic E-state index is -1.18. The maximum Gasteiger partial charge on any atom is 0.339 e. The van der Waals surface area contributed by atoms with Crippen LogP contribution in [0.1, 0.15) is 38.1 Å². The molecule has 0 aliphatic heterocycles. The Kier molecular flexibility index (Phi) is 3.66. The third kappa shape index (κ3) is 2.58. The van der Waals surface area contributed by atoms with E-state index in [1.54, 1.807) is 6.07 Å². The number of halogens is 1. The van der Waals surface area contributed by atoms with Crippen molar-refractivity contribution in [3.63, 3.8) is 0 Å². The number of hydrogen-bond acceptors (Lipinski definition) is 2. The molecule has 1 aromatic rings. The van der Waals surface area contributed by atoms with Gasteiger partial charge in [0.1, 0.15) is 5.56 Å². The second-order valence-corrected chi connectivity index (χ2v) is 6.85. The fraction of sp³-hybridized carbons (Fsp3) is 0.467. The van der Waals surface area contributed by atoms with Gasteiger partial charge >= 0.3 is 12.0 Å². The van der Waals surface area contributed by atoms with E-state index in [2.05, 4.69) is 38.3 Å². The van der Waals surface area contributed by atoms with Gasteiger partial charge in [-0.15, -0.1) is 0 Å². The minimum absolute atomic E-state index is 0.00824. The number of amides is 2. The Hall–Kier alpha value is -1.75. The summed E-state index contributed by atoms with van der Waals surface area (Å²) in [5, 5.41) is 14.7. The third-order valence-corrected chi connectivity index (χ3v) is 5.09. The smallest absolute Gasteiger partial charge is 0.339 e. The molecule has 6 heteroatoms. The van der Waals surface area contributed by atoms with Gasteiger partial charge in [0.15, 0.2) is 0 Å². The van der Waals surface area contributed by atoms with Gasteiger partial charge < -0.3 is 15.7 Å². The van der Waals surface area contributed by atoms with Gasteiger partial charge in [-0.25, -0.2) is 9.59 Å². The average molecular weight is 311 g/mol. The summed E-state index contributed by atoms with van der Waals surface area (Å²) in [6.07, 6.45) is 0. The molecule has 0 atom stereocenters. The third-order valence-electron chi connectivity index (χ3n) is 4.77. The van der Waals surface area contributed by atoms with Crippen molar-refractivity contribution < 1.29 is 14.7 Å². The van der Waals surface area contributed by atoms with E-state index in [1.165, 1.54) is 12.1 Å². The molecule has 0 spiro atoms. The predicted molar refractivity (Wildman–Crippen MR) is 81.9 cm³/mol. The number of carbonyl (C=O) groups is 2. The van der Waals surface area contributed by atoms with Gasteiger partial charge in [0.25, 0.3) is 0 Å². The summed E-state index contributed by atoms with van der Waals surface area (Å²) in [5.74, 6) is -1.18. The minimum Gasteiger partial charge on any atom is -0.478 e. The zero-order valence-corrected chi connectivity index (χ0v) is 13.2. The molecule has 0 bridgehead atoms. The van der Waals surface area contributed by atoms with Crippen molar-refractivity contribution in [3.8, 4) is 0 Å². The number of nitrogens with one attached hydrogen (secondary N) is 2. The van der Waals surface area contributed by atoms with E-state index in [0.29, 0.717) is 0 Å². The zero-order valence-electron chi connectivity index (χ0n) is 12.5. The Balaban J connectivity index is 2.12. The second kappa shape index (κ2) is 4.91. The molecule has 2 amide bonds. The summed E-state index contributed by atoms with van der Waals surface area (Å²) < 4.78 is 0. The molecule has 5 nitrogen and oxygen atoms in total. The number of hydrogen-bond donors (Lipinski definition) is 3. The summed E-state index contributed by atoms with van der Waals surface area (Å²) in [6.45, 7) is 8.33. The van der Waals surface area contributed by atoms with Gasteiger partial charge in [-0.3, -0.25) is 0 Å². The number of carboxylic acid groups (broad SMARTS) is 1. The normalized spacial score (nSPS) is 18.9. The molecule has 1 saturated carbocycles. The van der Waals surface area contributed by atoms with Crippen molar-refractivity contribution in [3.05, 3.63) is 28.8 Å². The SMILES string of the molecule is CC1(C)C(NC(=O)Nc2cccc(Cl)c2C(=O)O)C1(C)C. The van der Waals surface area contributed by atoms with E-state index in [0.717, 1.165) is 0 Å². The Morgan fingerprint density at radius 2 is 1.76 bits per heavy atom. The highest BCUT2D eigenvalue weighted by Gasteiger charge is 2.65. The number of aromatic carboxylic acids is 1. The van der Waals surface area contributed by atoms with Crippen molar-refractivity contribution in [2.24, 2.45) is 10.8 Å². The van der Waals surface area contributed by atoms with Crippen LogP contribution in [0.4, 0.5) is 10.5 Å². The lowest BCUT2D eigenvalue weighted by atomic mass is 10.0. The quantitative estimate of drug-likeness (QED) is 0.798. The summed E-state index contributed by atoms with van der Waals surface area (Å²) in [4.78, 5) is 23.3. The molecule has 0 heterocycles. The summed E-state index contributed by atoms with van der Waals surface area (Å²) in [7, 11) is 0. The Bertz CT molecular complexity index is 597. The first-order chi connectivity index (χ1) is 9.59. The molecule has 1 aromatic carbocycles. The standard InChI is InChI=1S/C15H19ClN2O3/c1-14(2)12(15(14,3)4)18-13(21)17-9-7-5-6-8(16)10(9)11(19)20/h5-7,12H,1-4H3,(H,19,20)(H2,17,18,21). The first-order valence-corrected chi connectivity index (χ1v) is 7.06. The van der Waals surface area contributed by atoms with Crippen molar-refractivity contribution in [1.82, 2.24) is 5.32 Å². The zero-order chi connectivity index (χ0) is 16.0. The molecule has 21 heavy (non-hydrogen) atoms. The maximum atomic E-state index is 12.1. The van der Waals surface area contributed by atoms with Crippen LogP contribution in [0.5, 0.6) is 0 Å². The average Bonchev–Trinajstić information content (AvgIpc) is 2.71. The molecular formula is C15H19ClN2O3. The summed E-state index contributed by atoms with van der Waals surface area (Å²) in [6, 6.07) is 4.19. The van der Waals surface area contributed by atoms with Gasteiger partial charge in [0.2, 0.25) is 0 Å². The first-order valence-electron chi connectivity index (χ1n) is 6.68. The molecule has 1 aliphatic rings. The Morgan fingerprint density at radius 1 is 1.19 bits per heavy atom. The molecular weight excluding hydrogens is 292 g/mol. The van der Waals surface area contributed by atoms with Crippen LogP contribution >= 0.6 is 11.6 Å². The highest BCUT2D eigenvalue weighted by molar-refractivity contribution is 6.34. The fourth-order valence-electron chi connectivity index (χ4n) is 2.69. The van der Waals surface area contributed by atoms with E-state index in [1.807, 2.05) is 0 Å². The van der Waals surface area contributed by atoms with E-state index < -0.39 is 12.0 Å². The molecule has 114 valence electrons. The van der Waals surface area contributed by atoms with Crippen molar-refractivity contribution in [2.45, 2.75) is 33.7 Å². The Morgan fingerprint density at radius 3 is 2.24 bits per heavy atom. The van der Waals surface area contributed by atoms with Crippen molar-refractivity contribution >= 4 is 29.3 Å². The number of urea groups is 1. The molecule has 1 aliphatic carbocycles. The topological polar surface area (TPSA) is 78.4 Å². The Labute approximate surface area is 128 Å². The van der Waals surface area contributed by atoms with E-state index in [-0.39, 0.29) is 33.1 Å². The second-order valence-electron chi connectivity index (χ2n) is 6.44. The van der Waals surface area contributed by atoms with Crippen LogP contribution in [0.25, 0.3) is 0 Å². The van der Waals surface area contributed by atoms with Gasteiger partial charge in [0.05, 0.1) is 10.7 Å². The van der Waals surface area contributed by atoms with Crippen LogP contribution in [0.15, 0.2) is 18.2 Å². The molecule has 0 saturated heterocycles. The van der Waals surface area contributed by atoms with Crippen LogP contribution in [0.3, 0.4) is 0 Å². The lowest BCUT2D eigenvalue weighted by Crippen LogP contribution is -2.34. The van der Waals surface area contributed by atoms with E-state index in [9.17, 15) is 9.59 Å². The van der Waals surface area contributed by atoms with Crippen LogP contribution in [0.2, 0.25) is 5.02 Å². The molecule has 3 N–H and O–H groups in total. The van der Waals surface area contributed by atoms with Gasteiger partial charge in [-0.2, -0.15) is 0 Å². The van der Waals surface area contributed by atoms with E-state index >= 15 is 0 Å². The monoisotopic (exact) mass is 310 g/mol. The van der Waals surface area contributed by atoms with Crippen LogP contribution < -0.4 is 10.6 Å². The molecule has 1 fully saturated rings. The number of anilines is 1. The summed E-state index contributed by atoms with van der Waals surface area (Å²) >= 11 is 5.86. The molecule has 2 rings (SSSR count). The largest absolute Gasteiger partial charge is 0.478 e. The van der Waals surface area contributed by atoms with Gasteiger partial charge in [0, 0.05) is 6.04 Å².